The number of nitrogens with one attached hydrogen (secondary N) is 1. The Labute approximate surface area is 109 Å². The van der Waals surface area contributed by atoms with E-state index in [0.29, 0.717) is 24.2 Å². The van der Waals surface area contributed by atoms with Gasteiger partial charge in [-0.2, -0.15) is 10.2 Å². The van der Waals surface area contributed by atoms with E-state index in [9.17, 15) is 9.59 Å². The van der Waals surface area contributed by atoms with Crippen molar-refractivity contribution >= 4 is 28.3 Å². The van der Waals surface area contributed by atoms with Gasteiger partial charge in [0.1, 0.15) is 0 Å². The number of aromatic nitrogens is 2. The zero-order valence-electron chi connectivity index (χ0n) is 10.1. The summed E-state index contributed by atoms with van der Waals surface area (Å²) < 4.78 is 0. The number of hydrogen-bond acceptors (Lipinski definition) is 5. The first-order valence-corrected chi connectivity index (χ1v) is 5.99. The fourth-order valence-electron chi connectivity index (χ4n) is 2.34. The van der Waals surface area contributed by atoms with Crippen LogP contribution in [0.15, 0.2) is 24.4 Å². The van der Waals surface area contributed by atoms with Gasteiger partial charge >= 0.3 is 0 Å². The molecule has 3 N–H and O–H groups in total. The van der Waals surface area contributed by atoms with Crippen molar-refractivity contribution in [3.63, 3.8) is 0 Å². The summed E-state index contributed by atoms with van der Waals surface area (Å²) in [6.45, 7) is 0. The predicted octanol–water partition coefficient (Wildman–Crippen LogP) is 0.732. The third kappa shape index (κ3) is 2.01. The summed E-state index contributed by atoms with van der Waals surface area (Å²) in [5.74, 6) is -0.980. The molecule has 1 saturated heterocycles. The lowest BCUT2D eigenvalue weighted by atomic mass is 9.92. The van der Waals surface area contributed by atoms with Crippen LogP contribution in [0, 0.1) is 0 Å². The molecule has 2 amide bonds. The highest BCUT2D eigenvalue weighted by molar-refractivity contribution is 6.02. The quantitative estimate of drug-likeness (QED) is 0.579. The van der Waals surface area contributed by atoms with Crippen molar-refractivity contribution in [2.45, 2.75) is 18.8 Å². The van der Waals surface area contributed by atoms with Crippen LogP contribution in [-0.2, 0) is 9.59 Å². The van der Waals surface area contributed by atoms with Gasteiger partial charge in [0.15, 0.2) is 0 Å². The normalized spacial score (nSPS) is 19.5. The van der Waals surface area contributed by atoms with E-state index >= 15 is 0 Å². The standard InChI is InChI=1S/C13H12N4O2/c14-8-1-2-9-7(5-8)6-15-17-12(9)10-3-4-11(18)16-13(10)19/h1-2,5-6,10H,3-4,14H2,(H,16,18,19). The van der Waals surface area contributed by atoms with Crippen LogP contribution >= 0.6 is 0 Å². The Hall–Kier alpha value is -2.50. The number of nitrogen functional groups attached to an aromatic ring is 1. The second kappa shape index (κ2) is 4.31. The molecule has 1 unspecified atom stereocenters. The molecule has 1 fully saturated rings. The van der Waals surface area contributed by atoms with Crippen LogP contribution in [-0.4, -0.2) is 22.0 Å². The van der Waals surface area contributed by atoms with E-state index in [-0.39, 0.29) is 11.8 Å². The average Bonchev–Trinajstić information content (AvgIpc) is 2.38. The van der Waals surface area contributed by atoms with Gasteiger partial charge in [-0.05, 0) is 18.6 Å². The molecule has 0 bridgehead atoms. The van der Waals surface area contributed by atoms with Crippen LogP contribution in [0.4, 0.5) is 5.69 Å². The van der Waals surface area contributed by atoms with Crippen molar-refractivity contribution in [1.82, 2.24) is 15.5 Å². The molecule has 0 saturated carbocycles. The van der Waals surface area contributed by atoms with Gasteiger partial charge in [-0.1, -0.05) is 6.07 Å². The number of carbonyl (C=O) groups is 2. The zero-order chi connectivity index (χ0) is 13.4. The summed E-state index contributed by atoms with van der Waals surface area (Å²) in [4.78, 5) is 23.1. The number of fused-ring (bicyclic) bond motifs is 1. The van der Waals surface area contributed by atoms with Gasteiger partial charge < -0.3 is 5.73 Å². The minimum Gasteiger partial charge on any atom is -0.399 e. The van der Waals surface area contributed by atoms with Gasteiger partial charge in [0.2, 0.25) is 11.8 Å². The van der Waals surface area contributed by atoms with Crippen LogP contribution in [0.1, 0.15) is 24.5 Å². The second-order valence-corrected chi connectivity index (χ2v) is 4.58. The van der Waals surface area contributed by atoms with Crippen molar-refractivity contribution in [2.24, 2.45) is 0 Å². The maximum atomic E-state index is 11.9. The highest BCUT2D eigenvalue weighted by atomic mass is 16.2. The summed E-state index contributed by atoms with van der Waals surface area (Å²) >= 11 is 0. The summed E-state index contributed by atoms with van der Waals surface area (Å²) in [6, 6.07) is 5.39. The van der Waals surface area contributed by atoms with Crippen molar-refractivity contribution < 1.29 is 9.59 Å². The Bertz CT molecular complexity index is 683. The number of nitrogens with two attached hydrogens (primary N) is 1. The minimum atomic E-state index is -0.433. The lowest BCUT2D eigenvalue weighted by Gasteiger charge is -2.20. The molecule has 1 aromatic heterocycles. The lowest BCUT2D eigenvalue weighted by Crippen LogP contribution is -2.39. The molecule has 0 aliphatic carbocycles. The number of nitrogens with zero attached hydrogens (tertiary/aromatic N) is 2. The average molecular weight is 256 g/mol. The van der Waals surface area contributed by atoms with Crippen molar-refractivity contribution in [3.8, 4) is 0 Å². The molecule has 1 aromatic carbocycles. The molecule has 6 heteroatoms. The molecule has 19 heavy (non-hydrogen) atoms. The summed E-state index contributed by atoms with van der Waals surface area (Å²) in [7, 11) is 0. The van der Waals surface area contributed by atoms with Crippen molar-refractivity contribution in [3.05, 3.63) is 30.1 Å². The highest BCUT2D eigenvalue weighted by Crippen LogP contribution is 2.29. The number of piperidine rings is 1. The molecule has 1 aliphatic heterocycles. The summed E-state index contributed by atoms with van der Waals surface area (Å²) in [5.41, 5.74) is 6.96. The molecule has 1 aliphatic rings. The summed E-state index contributed by atoms with van der Waals surface area (Å²) in [6.07, 6.45) is 2.40. The Morgan fingerprint density at radius 2 is 2.16 bits per heavy atom. The van der Waals surface area contributed by atoms with E-state index in [2.05, 4.69) is 15.5 Å². The van der Waals surface area contributed by atoms with Gasteiger partial charge in [-0.25, -0.2) is 0 Å². The molecule has 1 atom stereocenters. The Kier molecular flexibility index (Phi) is 2.63. The summed E-state index contributed by atoms with van der Waals surface area (Å²) in [5, 5.41) is 12.0. The van der Waals surface area contributed by atoms with Crippen LogP contribution in [0.5, 0.6) is 0 Å². The van der Waals surface area contributed by atoms with Gasteiger partial charge in [-0.3, -0.25) is 14.9 Å². The second-order valence-electron chi connectivity index (χ2n) is 4.58. The molecule has 0 spiro atoms. The monoisotopic (exact) mass is 256 g/mol. The van der Waals surface area contributed by atoms with Gasteiger partial charge in [0.25, 0.3) is 0 Å². The number of benzene rings is 1. The predicted molar refractivity (Wildman–Crippen MR) is 69.1 cm³/mol. The van der Waals surface area contributed by atoms with Crippen LogP contribution < -0.4 is 11.1 Å². The molecular formula is C13H12N4O2. The van der Waals surface area contributed by atoms with Crippen LogP contribution in [0.25, 0.3) is 10.8 Å². The zero-order valence-corrected chi connectivity index (χ0v) is 10.1. The Morgan fingerprint density at radius 3 is 2.95 bits per heavy atom. The molecule has 0 radical (unpaired) electrons. The molecule has 3 rings (SSSR count). The third-order valence-corrected chi connectivity index (χ3v) is 3.28. The Morgan fingerprint density at radius 1 is 1.32 bits per heavy atom. The molecule has 6 nitrogen and oxygen atoms in total. The van der Waals surface area contributed by atoms with E-state index < -0.39 is 5.92 Å². The largest absolute Gasteiger partial charge is 0.399 e. The fourth-order valence-corrected chi connectivity index (χ4v) is 2.34. The topological polar surface area (TPSA) is 98.0 Å². The smallest absolute Gasteiger partial charge is 0.235 e. The van der Waals surface area contributed by atoms with E-state index in [1.807, 2.05) is 6.07 Å². The number of carbonyl (C=O) groups excluding carboxylic acids is 2. The van der Waals surface area contributed by atoms with Crippen molar-refractivity contribution in [1.29, 1.82) is 0 Å². The maximum absolute atomic E-state index is 11.9. The number of rotatable bonds is 1. The van der Waals surface area contributed by atoms with E-state index in [4.69, 9.17) is 5.73 Å². The Balaban J connectivity index is 2.10. The minimum absolute atomic E-state index is 0.237. The third-order valence-electron chi connectivity index (χ3n) is 3.28. The molecular weight excluding hydrogens is 244 g/mol. The number of amides is 2. The van der Waals surface area contributed by atoms with Gasteiger partial charge in [0, 0.05) is 22.9 Å². The van der Waals surface area contributed by atoms with Gasteiger partial charge in [-0.15, -0.1) is 0 Å². The van der Waals surface area contributed by atoms with Gasteiger partial charge in [0.05, 0.1) is 17.8 Å². The fraction of sp³-hybridized carbons (Fsp3) is 0.231. The first kappa shape index (κ1) is 11.6. The molecule has 2 heterocycles. The first-order valence-electron chi connectivity index (χ1n) is 5.99. The number of imide groups is 1. The number of anilines is 1. The van der Waals surface area contributed by atoms with Crippen molar-refractivity contribution in [2.75, 3.05) is 5.73 Å². The van der Waals surface area contributed by atoms with Crippen LogP contribution in [0.3, 0.4) is 0 Å². The number of hydrogen-bond donors (Lipinski definition) is 2. The first-order chi connectivity index (χ1) is 9.15. The van der Waals surface area contributed by atoms with E-state index in [0.717, 1.165) is 10.8 Å². The highest BCUT2D eigenvalue weighted by Gasteiger charge is 2.30. The van der Waals surface area contributed by atoms with E-state index in [1.165, 1.54) is 0 Å². The van der Waals surface area contributed by atoms with Crippen LogP contribution in [0.2, 0.25) is 0 Å². The van der Waals surface area contributed by atoms with E-state index in [1.54, 1.807) is 18.3 Å². The molecule has 2 aromatic rings. The maximum Gasteiger partial charge on any atom is 0.235 e. The SMILES string of the molecule is Nc1ccc2c(C3CCC(=O)NC3=O)nncc2c1. The lowest BCUT2D eigenvalue weighted by molar-refractivity contribution is -0.134. The molecule has 96 valence electrons.